The summed E-state index contributed by atoms with van der Waals surface area (Å²) < 4.78 is 5.68. The van der Waals surface area contributed by atoms with Crippen LogP contribution in [0.15, 0.2) is 18.2 Å². The van der Waals surface area contributed by atoms with Crippen LogP contribution in [-0.4, -0.2) is 24.3 Å². The van der Waals surface area contributed by atoms with Gasteiger partial charge in [-0.25, -0.2) is 0 Å². The Labute approximate surface area is 97.4 Å². The molecule has 0 heterocycles. The number of nitrogens with one attached hydrogen (secondary N) is 1. The Hall–Kier alpha value is -1.22. The highest BCUT2D eigenvalue weighted by Gasteiger charge is 2.14. The fourth-order valence-corrected chi connectivity index (χ4v) is 1.40. The average Bonchev–Trinajstić information content (AvgIpc) is 2.17. The Balaban J connectivity index is 2.82. The third kappa shape index (κ3) is 4.11. The summed E-state index contributed by atoms with van der Waals surface area (Å²) >= 11 is 0. The summed E-state index contributed by atoms with van der Waals surface area (Å²) in [6, 6.07) is 5.51. The van der Waals surface area contributed by atoms with Gasteiger partial charge in [-0.1, -0.05) is 6.07 Å². The molecular formula is C13H21NO2. The molecule has 0 radical (unpaired) electrons. The fraction of sp³-hybridized carbons (Fsp3) is 0.538. The first-order chi connectivity index (χ1) is 7.42. The average molecular weight is 223 g/mol. The van der Waals surface area contributed by atoms with Crippen molar-refractivity contribution in [2.45, 2.75) is 32.8 Å². The van der Waals surface area contributed by atoms with E-state index in [9.17, 15) is 5.11 Å². The minimum absolute atomic E-state index is 0.197. The highest BCUT2D eigenvalue weighted by Crippen LogP contribution is 2.30. The Bertz CT molecular complexity index is 342. The molecule has 0 aromatic heterocycles. The van der Waals surface area contributed by atoms with Crippen molar-refractivity contribution < 1.29 is 9.84 Å². The number of ether oxygens (including phenoxy) is 1. The molecule has 90 valence electrons. The van der Waals surface area contributed by atoms with Gasteiger partial charge in [-0.15, -0.1) is 0 Å². The number of rotatable bonds is 4. The van der Waals surface area contributed by atoms with Gasteiger partial charge >= 0.3 is 0 Å². The smallest absolute Gasteiger partial charge is 0.161 e. The van der Waals surface area contributed by atoms with Crippen molar-refractivity contribution in [2.75, 3.05) is 13.6 Å². The van der Waals surface area contributed by atoms with Gasteiger partial charge < -0.3 is 15.2 Å². The molecule has 0 aliphatic heterocycles. The van der Waals surface area contributed by atoms with Gasteiger partial charge in [0.1, 0.15) is 5.60 Å². The Kier molecular flexibility index (Phi) is 4.19. The van der Waals surface area contributed by atoms with Gasteiger partial charge in [0.05, 0.1) is 0 Å². The van der Waals surface area contributed by atoms with Gasteiger partial charge in [0, 0.05) is 0 Å². The number of benzene rings is 1. The van der Waals surface area contributed by atoms with E-state index < -0.39 is 0 Å². The van der Waals surface area contributed by atoms with E-state index in [4.69, 9.17) is 4.74 Å². The summed E-state index contributed by atoms with van der Waals surface area (Å²) in [6.45, 7) is 6.81. The van der Waals surface area contributed by atoms with E-state index in [1.54, 1.807) is 6.07 Å². The van der Waals surface area contributed by atoms with E-state index in [0.717, 1.165) is 18.5 Å². The summed E-state index contributed by atoms with van der Waals surface area (Å²) in [4.78, 5) is 0. The predicted octanol–water partition coefficient (Wildman–Crippen LogP) is 2.33. The largest absolute Gasteiger partial charge is 0.504 e. The first-order valence-electron chi connectivity index (χ1n) is 5.58. The highest BCUT2D eigenvalue weighted by atomic mass is 16.5. The Morgan fingerprint density at radius 3 is 2.56 bits per heavy atom. The van der Waals surface area contributed by atoms with E-state index in [0.29, 0.717) is 5.75 Å². The van der Waals surface area contributed by atoms with Gasteiger partial charge in [0.15, 0.2) is 11.5 Å². The van der Waals surface area contributed by atoms with Gasteiger partial charge in [0.2, 0.25) is 0 Å². The molecule has 0 aliphatic rings. The van der Waals surface area contributed by atoms with Gasteiger partial charge in [0.25, 0.3) is 0 Å². The van der Waals surface area contributed by atoms with Crippen LogP contribution in [0.1, 0.15) is 26.3 Å². The van der Waals surface area contributed by atoms with Crippen molar-refractivity contribution >= 4 is 0 Å². The van der Waals surface area contributed by atoms with Crippen LogP contribution in [0.2, 0.25) is 0 Å². The van der Waals surface area contributed by atoms with Gasteiger partial charge in [-0.3, -0.25) is 0 Å². The lowest BCUT2D eigenvalue weighted by Crippen LogP contribution is -2.23. The van der Waals surface area contributed by atoms with Crippen LogP contribution in [0.3, 0.4) is 0 Å². The van der Waals surface area contributed by atoms with Crippen LogP contribution in [-0.2, 0) is 6.42 Å². The van der Waals surface area contributed by atoms with Crippen molar-refractivity contribution in [1.29, 1.82) is 0 Å². The normalized spacial score (nSPS) is 11.5. The topological polar surface area (TPSA) is 41.5 Å². The lowest BCUT2D eigenvalue weighted by Gasteiger charge is -2.22. The number of hydrogen-bond acceptors (Lipinski definition) is 3. The minimum atomic E-state index is -0.293. The van der Waals surface area contributed by atoms with E-state index in [1.807, 2.05) is 40.0 Å². The van der Waals surface area contributed by atoms with E-state index >= 15 is 0 Å². The highest BCUT2D eigenvalue weighted by molar-refractivity contribution is 5.42. The Morgan fingerprint density at radius 1 is 1.31 bits per heavy atom. The second kappa shape index (κ2) is 5.21. The van der Waals surface area contributed by atoms with Gasteiger partial charge in [-0.05, 0) is 58.5 Å². The zero-order chi connectivity index (χ0) is 12.2. The summed E-state index contributed by atoms with van der Waals surface area (Å²) in [5.41, 5.74) is 0.866. The molecule has 0 unspecified atom stereocenters. The number of phenolic OH excluding ortho intramolecular Hbond substituents is 1. The standard InChI is InChI=1S/C13H21NO2/c1-13(2,3)16-12-9-10(7-8-14-4)5-6-11(12)15/h5-6,9,14-15H,7-8H2,1-4H3. The lowest BCUT2D eigenvalue weighted by atomic mass is 10.1. The molecule has 3 heteroatoms. The molecular weight excluding hydrogens is 202 g/mol. The first-order valence-corrected chi connectivity index (χ1v) is 5.58. The molecule has 0 saturated carbocycles. The predicted molar refractivity (Wildman–Crippen MR) is 66.1 cm³/mol. The third-order valence-electron chi connectivity index (χ3n) is 2.10. The number of hydrogen-bond donors (Lipinski definition) is 2. The molecule has 0 fully saturated rings. The third-order valence-corrected chi connectivity index (χ3v) is 2.10. The van der Waals surface area contributed by atoms with Gasteiger partial charge in [-0.2, -0.15) is 0 Å². The summed E-state index contributed by atoms with van der Waals surface area (Å²) in [6.07, 6.45) is 0.928. The molecule has 1 rings (SSSR count). The van der Waals surface area contributed by atoms with Crippen molar-refractivity contribution in [3.8, 4) is 11.5 Å². The van der Waals surface area contributed by atoms with Crippen LogP contribution in [0.4, 0.5) is 0 Å². The van der Waals surface area contributed by atoms with Crippen LogP contribution >= 0.6 is 0 Å². The van der Waals surface area contributed by atoms with Crippen molar-refractivity contribution in [1.82, 2.24) is 5.32 Å². The van der Waals surface area contributed by atoms with E-state index in [-0.39, 0.29) is 11.4 Å². The van der Waals surface area contributed by atoms with Crippen molar-refractivity contribution in [3.05, 3.63) is 23.8 Å². The fourth-order valence-electron chi connectivity index (χ4n) is 1.40. The molecule has 3 nitrogen and oxygen atoms in total. The Morgan fingerprint density at radius 2 is 2.00 bits per heavy atom. The van der Waals surface area contributed by atoms with Crippen LogP contribution in [0.25, 0.3) is 0 Å². The molecule has 1 aromatic carbocycles. The zero-order valence-electron chi connectivity index (χ0n) is 10.5. The number of phenols is 1. The molecule has 1 aromatic rings. The van der Waals surface area contributed by atoms with Crippen LogP contribution in [0.5, 0.6) is 11.5 Å². The molecule has 0 aliphatic carbocycles. The maximum Gasteiger partial charge on any atom is 0.161 e. The summed E-state index contributed by atoms with van der Waals surface area (Å²) in [5.74, 6) is 0.754. The SMILES string of the molecule is CNCCc1ccc(O)c(OC(C)(C)C)c1. The second-order valence-electron chi connectivity index (χ2n) is 4.87. The number of likely N-dealkylation sites (N-methyl/N-ethyl adjacent to an activating group) is 1. The minimum Gasteiger partial charge on any atom is -0.504 e. The molecule has 2 N–H and O–H groups in total. The maximum atomic E-state index is 9.68. The summed E-state index contributed by atoms with van der Waals surface area (Å²) in [5, 5.41) is 12.8. The molecule has 0 bridgehead atoms. The molecule has 0 amide bonds. The lowest BCUT2D eigenvalue weighted by molar-refractivity contribution is 0.126. The van der Waals surface area contributed by atoms with Crippen LogP contribution in [0, 0.1) is 0 Å². The summed E-state index contributed by atoms with van der Waals surface area (Å²) in [7, 11) is 1.92. The monoisotopic (exact) mass is 223 g/mol. The van der Waals surface area contributed by atoms with E-state index in [1.165, 1.54) is 0 Å². The first kappa shape index (κ1) is 12.8. The quantitative estimate of drug-likeness (QED) is 0.823. The molecule has 16 heavy (non-hydrogen) atoms. The zero-order valence-corrected chi connectivity index (χ0v) is 10.5. The second-order valence-corrected chi connectivity index (χ2v) is 4.87. The van der Waals surface area contributed by atoms with Crippen molar-refractivity contribution in [2.24, 2.45) is 0 Å². The maximum absolute atomic E-state index is 9.68. The van der Waals surface area contributed by atoms with Crippen LogP contribution < -0.4 is 10.1 Å². The van der Waals surface area contributed by atoms with Crippen molar-refractivity contribution in [3.63, 3.8) is 0 Å². The molecule has 0 atom stereocenters. The van der Waals surface area contributed by atoms with E-state index in [2.05, 4.69) is 5.32 Å². The molecule has 0 spiro atoms. The molecule has 0 saturated heterocycles. The number of aromatic hydroxyl groups is 1.